The highest BCUT2D eigenvalue weighted by atomic mass is 16.7. The van der Waals surface area contributed by atoms with Gasteiger partial charge in [0.2, 0.25) is 0 Å². The minimum atomic E-state index is -1.02. The van der Waals surface area contributed by atoms with Crippen LogP contribution >= 0.6 is 0 Å². The average Bonchev–Trinajstić information content (AvgIpc) is 2.79. The monoisotopic (exact) mass is 430 g/mol. The molecule has 0 bridgehead atoms. The summed E-state index contributed by atoms with van der Waals surface area (Å²) in [5, 5.41) is 21.1. The van der Waals surface area contributed by atoms with E-state index >= 15 is 0 Å². The third-order valence-electron chi connectivity index (χ3n) is 5.43. The Balaban J connectivity index is 1.73. The standard InChI is InChI=1S/C25H34O6/c1-3-10-18(2)30-25-24(29-17-20-13-8-5-9-14-20)22(27)23(21(15-26)31-25)28-16-19-11-6-4-7-12-19/h4-9,11-14,18,21-27H,3,10,15-17H2,1-2H3/t18-,21-,22+,23-,24-,25-/m1/s1. The lowest BCUT2D eigenvalue weighted by Crippen LogP contribution is -2.61. The highest BCUT2D eigenvalue weighted by Gasteiger charge is 2.47. The first kappa shape index (κ1) is 23.9. The van der Waals surface area contributed by atoms with Crippen molar-refractivity contribution in [3.8, 4) is 0 Å². The van der Waals surface area contributed by atoms with Gasteiger partial charge < -0.3 is 29.2 Å². The van der Waals surface area contributed by atoms with E-state index in [0.29, 0.717) is 13.2 Å². The number of aliphatic hydroxyl groups is 2. The van der Waals surface area contributed by atoms with Crippen molar-refractivity contribution in [3.63, 3.8) is 0 Å². The van der Waals surface area contributed by atoms with Crippen molar-refractivity contribution in [2.75, 3.05) is 6.61 Å². The lowest BCUT2D eigenvalue weighted by molar-refractivity contribution is -0.326. The van der Waals surface area contributed by atoms with Gasteiger partial charge in [0.25, 0.3) is 0 Å². The topological polar surface area (TPSA) is 77.4 Å². The molecule has 31 heavy (non-hydrogen) atoms. The van der Waals surface area contributed by atoms with Gasteiger partial charge in [0, 0.05) is 0 Å². The predicted octanol–water partition coefficient (Wildman–Crippen LogP) is 3.44. The van der Waals surface area contributed by atoms with Gasteiger partial charge in [-0.15, -0.1) is 0 Å². The van der Waals surface area contributed by atoms with Crippen molar-refractivity contribution in [2.24, 2.45) is 0 Å². The molecular formula is C25H34O6. The number of aliphatic hydroxyl groups excluding tert-OH is 2. The highest BCUT2D eigenvalue weighted by Crippen LogP contribution is 2.29. The fourth-order valence-corrected chi connectivity index (χ4v) is 3.77. The number of ether oxygens (including phenoxy) is 4. The van der Waals surface area contributed by atoms with Gasteiger partial charge in [-0.1, -0.05) is 74.0 Å². The van der Waals surface area contributed by atoms with Gasteiger partial charge in [0.05, 0.1) is 25.9 Å². The summed E-state index contributed by atoms with van der Waals surface area (Å²) in [6.45, 7) is 4.38. The lowest BCUT2D eigenvalue weighted by Gasteiger charge is -2.44. The fraction of sp³-hybridized carbons (Fsp3) is 0.520. The molecule has 6 heteroatoms. The Morgan fingerprint density at radius 2 is 1.45 bits per heavy atom. The molecule has 6 atom stereocenters. The Morgan fingerprint density at radius 1 is 0.903 bits per heavy atom. The number of hydrogen-bond acceptors (Lipinski definition) is 6. The van der Waals surface area contributed by atoms with Gasteiger partial charge in [-0.05, 0) is 24.5 Å². The fourth-order valence-electron chi connectivity index (χ4n) is 3.77. The van der Waals surface area contributed by atoms with Crippen LogP contribution in [0.1, 0.15) is 37.8 Å². The summed E-state index contributed by atoms with van der Waals surface area (Å²) in [6, 6.07) is 19.5. The van der Waals surface area contributed by atoms with E-state index in [1.54, 1.807) is 0 Å². The van der Waals surface area contributed by atoms with Crippen LogP contribution in [0.2, 0.25) is 0 Å². The van der Waals surface area contributed by atoms with Crippen molar-refractivity contribution in [1.82, 2.24) is 0 Å². The van der Waals surface area contributed by atoms with Gasteiger partial charge in [-0.2, -0.15) is 0 Å². The SMILES string of the molecule is CCC[C@@H](C)O[C@@H]1O[C@H](CO)[C@@H](OCc2ccccc2)[C@H](O)[C@H]1OCc1ccccc1. The molecule has 0 aromatic heterocycles. The molecule has 1 fully saturated rings. The Kier molecular flexibility index (Phi) is 9.46. The highest BCUT2D eigenvalue weighted by molar-refractivity contribution is 5.14. The third kappa shape index (κ3) is 6.84. The van der Waals surface area contributed by atoms with Crippen LogP contribution in [0.15, 0.2) is 60.7 Å². The smallest absolute Gasteiger partial charge is 0.187 e. The molecule has 0 aliphatic carbocycles. The molecule has 0 radical (unpaired) electrons. The summed E-state index contributed by atoms with van der Waals surface area (Å²) in [4.78, 5) is 0. The van der Waals surface area contributed by atoms with Crippen LogP contribution in [0, 0.1) is 0 Å². The second kappa shape index (κ2) is 12.3. The first-order valence-electron chi connectivity index (χ1n) is 11.0. The molecule has 170 valence electrons. The van der Waals surface area contributed by atoms with Crippen LogP contribution in [0.4, 0.5) is 0 Å². The number of rotatable bonds is 11. The Bertz CT molecular complexity index is 740. The van der Waals surface area contributed by atoms with Gasteiger partial charge in [0.1, 0.15) is 24.4 Å². The van der Waals surface area contributed by atoms with Gasteiger partial charge in [0.15, 0.2) is 6.29 Å². The van der Waals surface area contributed by atoms with Gasteiger partial charge in [-0.3, -0.25) is 0 Å². The van der Waals surface area contributed by atoms with E-state index in [-0.39, 0.29) is 12.7 Å². The summed E-state index contributed by atoms with van der Waals surface area (Å²) in [5.41, 5.74) is 1.96. The van der Waals surface area contributed by atoms with Crippen LogP contribution in [-0.4, -0.2) is 53.6 Å². The molecule has 2 aromatic rings. The first-order valence-corrected chi connectivity index (χ1v) is 11.0. The normalized spacial score (nSPS) is 27.2. The van der Waals surface area contributed by atoms with Crippen LogP contribution < -0.4 is 0 Å². The summed E-state index contributed by atoms with van der Waals surface area (Å²) < 4.78 is 24.2. The predicted molar refractivity (Wildman–Crippen MR) is 117 cm³/mol. The Labute approximate surface area is 184 Å². The molecule has 2 N–H and O–H groups in total. The second-order valence-corrected chi connectivity index (χ2v) is 7.97. The quantitative estimate of drug-likeness (QED) is 0.569. The van der Waals surface area contributed by atoms with E-state index in [0.717, 1.165) is 24.0 Å². The minimum Gasteiger partial charge on any atom is -0.394 e. The molecule has 1 heterocycles. The maximum absolute atomic E-state index is 11.2. The van der Waals surface area contributed by atoms with Crippen molar-refractivity contribution < 1.29 is 29.2 Å². The average molecular weight is 431 g/mol. The van der Waals surface area contributed by atoms with Crippen LogP contribution in [0.25, 0.3) is 0 Å². The summed E-state index contributed by atoms with van der Waals surface area (Å²) in [6.07, 6.45) is -2.25. The summed E-state index contributed by atoms with van der Waals surface area (Å²) >= 11 is 0. The maximum atomic E-state index is 11.2. The van der Waals surface area contributed by atoms with Crippen LogP contribution in [0.3, 0.4) is 0 Å². The molecule has 0 saturated carbocycles. The largest absolute Gasteiger partial charge is 0.394 e. The molecule has 2 aromatic carbocycles. The van der Waals surface area contributed by atoms with E-state index in [1.165, 1.54) is 0 Å². The molecular weight excluding hydrogens is 396 g/mol. The minimum absolute atomic E-state index is 0.0637. The zero-order valence-electron chi connectivity index (χ0n) is 18.3. The molecule has 6 nitrogen and oxygen atoms in total. The molecule has 1 aliphatic rings. The zero-order valence-corrected chi connectivity index (χ0v) is 18.3. The number of hydrogen-bond donors (Lipinski definition) is 2. The summed E-state index contributed by atoms with van der Waals surface area (Å²) in [7, 11) is 0. The van der Waals surface area contributed by atoms with E-state index < -0.39 is 30.7 Å². The van der Waals surface area contributed by atoms with Crippen molar-refractivity contribution in [3.05, 3.63) is 71.8 Å². The molecule has 0 spiro atoms. The molecule has 0 amide bonds. The summed E-state index contributed by atoms with van der Waals surface area (Å²) in [5.74, 6) is 0. The van der Waals surface area contributed by atoms with Crippen molar-refractivity contribution in [2.45, 2.75) is 76.7 Å². The van der Waals surface area contributed by atoms with E-state index in [9.17, 15) is 10.2 Å². The van der Waals surface area contributed by atoms with E-state index in [4.69, 9.17) is 18.9 Å². The van der Waals surface area contributed by atoms with E-state index in [2.05, 4.69) is 6.92 Å². The van der Waals surface area contributed by atoms with Crippen molar-refractivity contribution >= 4 is 0 Å². The molecule has 1 aliphatic heterocycles. The Hall–Kier alpha value is -1.80. The second-order valence-electron chi connectivity index (χ2n) is 7.97. The van der Waals surface area contributed by atoms with Crippen molar-refractivity contribution in [1.29, 1.82) is 0 Å². The lowest BCUT2D eigenvalue weighted by atomic mass is 9.98. The zero-order chi connectivity index (χ0) is 22.1. The van der Waals surface area contributed by atoms with Gasteiger partial charge >= 0.3 is 0 Å². The maximum Gasteiger partial charge on any atom is 0.187 e. The van der Waals surface area contributed by atoms with E-state index in [1.807, 2.05) is 67.6 Å². The third-order valence-corrected chi connectivity index (χ3v) is 5.43. The van der Waals surface area contributed by atoms with Crippen LogP contribution in [-0.2, 0) is 32.2 Å². The van der Waals surface area contributed by atoms with Crippen LogP contribution in [0.5, 0.6) is 0 Å². The first-order chi connectivity index (χ1) is 15.1. The Morgan fingerprint density at radius 3 is 1.97 bits per heavy atom. The molecule has 0 unspecified atom stereocenters. The van der Waals surface area contributed by atoms with Gasteiger partial charge in [-0.25, -0.2) is 0 Å². The number of benzene rings is 2. The molecule has 3 rings (SSSR count). The molecule has 1 saturated heterocycles.